The third-order valence-corrected chi connectivity index (χ3v) is 11.2. The van der Waals surface area contributed by atoms with Crippen LogP contribution in [0.5, 0.6) is 0 Å². The van der Waals surface area contributed by atoms with Gasteiger partial charge in [-0.2, -0.15) is 0 Å². The summed E-state index contributed by atoms with van der Waals surface area (Å²) in [6.45, 7) is 0. The van der Waals surface area contributed by atoms with Crippen LogP contribution >= 0.6 is 0 Å². The van der Waals surface area contributed by atoms with E-state index in [9.17, 15) is 0 Å². The molecule has 0 bridgehead atoms. The van der Waals surface area contributed by atoms with E-state index in [2.05, 4.69) is 159 Å². The van der Waals surface area contributed by atoms with Crippen LogP contribution in [-0.2, 0) is 0 Å². The van der Waals surface area contributed by atoms with Crippen LogP contribution in [0.15, 0.2) is 192 Å². The van der Waals surface area contributed by atoms with E-state index in [-0.39, 0.29) is 0 Å². The molecule has 0 amide bonds. The summed E-state index contributed by atoms with van der Waals surface area (Å²) in [7, 11) is 0. The standard InChI is InChI=1S/C50H31N5O/c1-3-15-32(16-4-1)49-51-52-50(33-17-5-2-6-18-33)53(49)34-27-28-36-35-19-7-10-22-39(35)55(44(36)31-34)42-25-13-12-24-41(42)54-40-23-11-8-20-37(40)47-43(54)29-30-46-48(47)38-21-9-14-26-45(38)56-46/h1-31H. The van der Waals surface area contributed by atoms with Gasteiger partial charge in [-0.15, -0.1) is 10.2 Å². The Morgan fingerprint density at radius 1 is 0.339 bits per heavy atom. The lowest BCUT2D eigenvalue weighted by Gasteiger charge is -2.17. The second-order valence-electron chi connectivity index (χ2n) is 14.2. The number of aromatic nitrogens is 5. The molecule has 0 aliphatic carbocycles. The SMILES string of the molecule is c1ccc(-c2nnc(-c3ccccc3)n2-c2ccc3c4ccccc4n(-c4ccccc4-n4c5ccccc5c5c6c(ccc54)oc4ccccc46)c3c2)cc1. The molecule has 6 heteroatoms. The van der Waals surface area contributed by atoms with E-state index in [1.165, 1.54) is 21.5 Å². The fraction of sp³-hybridized carbons (Fsp3) is 0. The molecule has 0 aliphatic heterocycles. The Kier molecular flexibility index (Phi) is 6.53. The number of hydrogen-bond acceptors (Lipinski definition) is 3. The van der Waals surface area contributed by atoms with Gasteiger partial charge in [0, 0.05) is 43.4 Å². The Hall–Kier alpha value is -7.70. The van der Waals surface area contributed by atoms with Crippen LogP contribution in [-0.4, -0.2) is 23.9 Å². The highest BCUT2D eigenvalue weighted by atomic mass is 16.3. The lowest BCUT2D eigenvalue weighted by Crippen LogP contribution is -2.04. The van der Waals surface area contributed by atoms with Crippen LogP contribution < -0.4 is 0 Å². The van der Waals surface area contributed by atoms with Crippen molar-refractivity contribution in [2.45, 2.75) is 0 Å². The maximum absolute atomic E-state index is 6.39. The van der Waals surface area contributed by atoms with E-state index in [0.717, 1.165) is 83.8 Å². The van der Waals surface area contributed by atoms with E-state index in [4.69, 9.17) is 14.6 Å². The first kappa shape index (κ1) is 30.7. The van der Waals surface area contributed by atoms with Crippen molar-refractivity contribution < 1.29 is 4.42 Å². The van der Waals surface area contributed by atoms with Gasteiger partial charge < -0.3 is 13.6 Å². The van der Waals surface area contributed by atoms with Gasteiger partial charge in [0.05, 0.1) is 39.1 Å². The molecule has 0 saturated carbocycles. The normalized spacial score (nSPS) is 11.9. The Bertz CT molecular complexity index is 3420. The fourth-order valence-electron chi connectivity index (χ4n) is 8.81. The first-order valence-electron chi connectivity index (χ1n) is 18.8. The number of benzene rings is 8. The molecule has 12 aromatic rings. The maximum atomic E-state index is 6.39. The summed E-state index contributed by atoms with van der Waals surface area (Å²) >= 11 is 0. The van der Waals surface area contributed by atoms with Crippen molar-refractivity contribution in [2.24, 2.45) is 0 Å². The lowest BCUT2D eigenvalue weighted by atomic mass is 10.1. The highest BCUT2D eigenvalue weighted by Crippen LogP contribution is 2.43. The molecule has 0 N–H and O–H groups in total. The largest absolute Gasteiger partial charge is 0.456 e. The van der Waals surface area contributed by atoms with Crippen molar-refractivity contribution in [3.05, 3.63) is 188 Å². The van der Waals surface area contributed by atoms with Gasteiger partial charge in [0.1, 0.15) is 11.2 Å². The van der Waals surface area contributed by atoms with Crippen LogP contribution in [0.4, 0.5) is 0 Å². The summed E-state index contributed by atoms with van der Waals surface area (Å²) in [5, 5.41) is 16.6. The van der Waals surface area contributed by atoms with Gasteiger partial charge in [-0.1, -0.05) is 133 Å². The molecule has 12 rings (SSSR count). The molecule has 0 unspecified atom stereocenters. The van der Waals surface area contributed by atoms with E-state index < -0.39 is 0 Å². The van der Waals surface area contributed by atoms with Crippen LogP contribution in [0.2, 0.25) is 0 Å². The summed E-state index contributed by atoms with van der Waals surface area (Å²) in [4.78, 5) is 0. The number of para-hydroxylation sites is 5. The summed E-state index contributed by atoms with van der Waals surface area (Å²) in [5.74, 6) is 1.57. The first-order valence-corrected chi connectivity index (χ1v) is 18.8. The number of hydrogen-bond donors (Lipinski definition) is 0. The van der Waals surface area contributed by atoms with Crippen molar-refractivity contribution in [1.29, 1.82) is 0 Å². The van der Waals surface area contributed by atoms with E-state index in [1.54, 1.807) is 0 Å². The molecular formula is C50H31N5O. The van der Waals surface area contributed by atoms with E-state index in [1.807, 2.05) is 42.5 Å². The summed E-state index contributed by atoms with van der Waals surface area (Å²) in [6, 6.07) is 66.2. The zero-order valence-corrected chi connectivity index (χ0v) is 30.0. The van der Waals surface area contributed by atoms with Crippen molar-refractivity contribution in [3.63, 3.8) is 0 Å². The zero-order chi connectivity index (χ0) is 36.7. The first-order chi connectivity index (χ1) is 27.8. The van der Waals surface area contributed by atoms with Gasteiger partial charge in [-0.25, -0.2) is 0 Å². The monoisotopic (exact) mass is 717 g/mol. The molecule has 0 aliphatic rings. The van der Waals surface area contributed by atoms with Crippen LogP contribution in [0.3, 0.4) is 0 Å². The Morgan fingerprint density at radius 3 is 1.57 bits per heavy atom. The predicted molar refractivity (Wildman–Crippen MR) is 228 cm³/mol. The van der Waals surface area contributed by atoms with Crippen molar-refractivity contribution >= 4 is 65.6 Å². The van der Waals surface area contributed by atoms with Gasteiger partial charge in [0.25, 0.3) is 0 Å². The number of rotatable bonds is 5. The average Bonchev–Trinajstić information content (AvgIpc) is 4.03. The number of furan rings is 1. The molecule has 0 atom stereocenters. The summed E-state index contributed by atoms with van der Waals surface area (Å²) in [6.07, 6.45) is 0. The maximum Gasteiger partial charge on any atom is 0.168 e. The second kappa shape index (κ2) is 11.9. The number of fused-ring (bicyclic) bond motifs is 10. The molecular weight excluding hydrogens is 687 g/mol. The third-order valence-electron chi connectivity index (χ3n) is 11.2. The Balaban J connectivity index is 1.16. The van der Waals surface area contributed by atoms with Gasteiger partial charge in [0.15, 0.2) is 11.6 Å². The lowest BCUT2D eigenvalue weighted by molar-refractivity contribution is 0.669. The molecule has 0 saturated heterocycles. The molecule has 56 heavy (non-hydrogen) atoms. The molecule has 4 aromatic heterocycles. The summed E-state index contributed by atoms with van der Waals surface area (Å²) in [5.41, 5.74) is 11.4. The van der Waals surface area contributed by atoms with E-state index in [0.29, 0.717) is 0 Å². The average molecular weight is 718 g/mol. The third kappa shape index (κ3) is 4.38. The van der Waals surface area contributed by atoms with Gasteiger partial charge in [-0.05, 0) is 54.6 Å². The summed E-state index contributed by atoms with van der Waals surface area (Å²) < 4.78 is 13.4. The topological polar surface area (TPSA) is 53.7 Å². The van der Waals surface area contributed by atoms with Crippen LogP contribution in [0, 0.1) is 0 Å². The minimum Gasteiger partial charge on any atom is -0.456 e. The van der Waals surface area contributed by atoms with Crippen LogP contribution in [0.1, 0.15) is 0 Å². The van der Waals surface area contributed by atoms with Crippen LogP contribution in [0.25, 0.3) is 105 Å². The Morgan fingerprint density at radius 2 is 0.875 bits per heavy atom. The quantitative estimate of drug-likeness (QED) is 0.178. The van der Waals surface area contributed by atoms with Crippen molar-refractivity contribution in [1.82, 2.24) is 23.9 Å². The predicted octanol–water partition coefficient (Wildman–Crippen LogP) is 12.7. The fourth-order valence-corrected chi connectivity index (χ4v) is 8.81. The van der Waals surface area contributed by atoms with Crippen molar-refractivity contribution in [3.8, 4) is 39.8 Å². The number of nitrogens with zero attached hydrogens (tertiary/aromatic N) is 5. The minimum atomic E-state index is 0.787. The zero-order valence-electron chi connectivity index (χ0n) is 30.0. The highest BCUT2D eigenvalue weighted by molar-refractivity contribution is 6.27. The minimum absolute atomic E-state index is 0.787. The highest BCUT2D eigenvalue weighted by Gasteiger charge is 2.23. The van der Waals surface area contributed by atoms with E-state index >= 15 is 0 Å². The smallest absolute Gasteiger partial charge is 0.168 e. The van der Waals surface area contributed by atoms with Crippen molar-refractivity contribution in [2.75, 3.05) is 0 Å². The molecule has 0 fully saturated rings. The van der Waals surface area contributed by atoms with Gasteiger partial charge in [-0.3, -0.25) is 4.57 Å². The molecule has 4 heterocycles. The molecule has 8 aromatic carbocycles. The van der Waals surface area contributed by atoms with Gasteiger partial charge >= 0.3 is 0 Å². The Labute approximate surface area is 320 Å². The molecule has 6 nitrogen and oxygen atoms in total. The molecule has 0 spiro atoms. The molecule has 262 valence electrons. The second-order valence-corrected chi connectivity index (χ2v) is 14.2. The molecule has 0 radical (unpaired) electrons. The van der Waals surface area contributed by atoms with Gasteiger partial charge in [0.2, 0.25) is 0 Å².